The van der Waals surface area contributed by atoms with E-state index in [0.29, 0.717) is 17.0 Å². The molecule has 19 heavy (non-hydrogen) atoms. The molecule has 0 fully saturated rings. The van der Waals surface area contributed by atoms with Crippen molar-refractivity contribution < 1.29 is 14.9 Å². The van der Waals surface area contributed by atoms with Gasteiger partial charge in [-0.15, -0.1) is 10.1 Å². The molecule has 1 aromatic rings. The summed E-state index contributed by atoms with van der Waals surface area (Å²) in [7, 11) is 0. The number of aliphatic hydroxyl groups is 2. The largest absolute Gasteiger partial charge is 0.507 e. The molecule has 6 heteroatoms. The van der Waals surface area contributed by atoms with Gasteiger partial charge in [0.05, 0.1) is 11.8 Å². The number of nitrogens with one attached hydrogen (secondary N) is 1. The summed E-state index contributed by atoms with van der Waals surface area (Å²) in [5.41, 5.74) is 4.14. The second-order valence-corrected chi connectivity index (χ2v) is 4.31. The fraction of sp³-hybridized carbons (Fsp3) is 0.308. The molecule has 2 rings (SSSR count). The van der Waals surface area contributed by atoms with Crippen LogP contribution in [0.5, 0.6) is 0 Å². The first kappa shape index (κ1) is 13.2. The lowest BCUT2D eigenvalue weighted by Gasteiger charge is -2.18. The Kier molecular flexibility index (Phi) is 3.91. The average Bonchev–Trinajstić information content (AvgIpc) is 2.45. The average molecular weight is 261 g/mol. The quantitative estimate of drug-likeness (QED) is 0.574. The predicted octanol–water partition coefficient (Wildman–Crippen LogP) is 1.98. The van der Waals surface area contributed by atoms with Gasteiger partial charge < -0.3 is 10.2 Å². The van der Waals surface area contributed by atoms with E-state index in [1.807, 2.05) is 19.1 Å². The smallest absolute Gasteiger partial charge is 0.239 e. The van der Waals surface area contributed by atoms with Gasteiger partial charge in [-0.3, -0.25) is 0 Å². The van der Waals surface area contributed by atoms with Crippen LogP contribution in [0.2, 0.25) is 0 Å². The lowest BCUT2D eigenvalue weighted by atomic mass is 10.0. The Balaban J connectivity index is 2.23. The van der Waals surface area contributed by atoms with Crippen LogP contribution >= 0.6 is 0 Å². The fourth-order valence-electron chi connectivity index (χ4n) is 1.78. The molecule has 0 amide bonds. The van der Waals surface area contributed by atoms with Crippen LogP contribution in [0.15, 0.2) is 52.7 Å². The molecule has 1 aliphatic rings. The summed E-state index contributed by atoms with van der Waals surface area (Å²) in [6.07, 6.45) is 3.36. The summed E-state index contributed by atoms with van der Waals surface area (Å²) in [6, 6.07) is 5.17. The molecule has 1 aliphatic heterocycles. The highest BCUT2D eigenvalue weighted by atomic mass is 16.3. The van der Waals surface area contributed by atoms with Gasteiger partial charge in [0.1, 0.15) is 12.0 Å². The summed E-state index contributed by atoms with van der Waals surface area (Å²) in [6.45, 7) is 3.46. The van der Waals surface area contributed by atoms with Gasteiger partial charge in [-0.25, -0.2) is 4.98 Å². The topological polar surface area (TPSA) is 80.8 Å². The Morgan fingerprint density at radius 1 is 1.47 bits per heavy atom. The van der Waals surface area contributed by atoms with E-state index in [-0.39, 0.29) is 18.4 Å². The number of pyridine rings is 1. The summed E-state index contributed by atoms with van der Waals surface area (Å²) in [5, 5.41) is 23.4. The summed E-state index contributed by atoms with van der Waals surface area (Å²) in [4.78, 5) is 4.09. The van der Waals surface area contributed by atoms with Crippen molar-refractivity contribution in [2.45, 2.75) is 19.9 Å². The van der Waals surface area contributed by atoms with Gasteiger partial charge in [0.2, 0.25) is 5.82 Å². The van der Waals surface area contributed by atoms with Crippen molar-refractivity contribution in [2.75, 3.05) is 12.0 Å². The minimum Gasteiger partial charge on any atom is -0.507 e. The molecule has 0 bridgehead atoms. The Morgan fingerprint density at radius 3 is 2.89 bits per heavy atom. The van der Waals surface area contributed by atoms with Crippen molar-refractivity contribution in [1.82, 2.24) is 4.98 Å². The maximum Gasteiger partial charge on any atom is 0.239 e. The molecule has 0 saturated carbocycles. The number of hydrogen-bond acceptors (Lipinski definition) is 4. The molecule has 0 aromatic carbocycles. The Labute approximate surface area is 111 Å². The van der Waals surface area contributed by atoms with Crippen LogP contribution < -0.4 is 5.43 Å². The molecule has 6 nitrogen and oxygen atoms in total. The van der Waals surface area contributed by atoms with E-state index in [2.05, 4.69) is 15.6 Å². The Morgan fingerprint density at radius 2 is 2.26 bits per heavy atom. The molecular formula is C13H17N4O2+. The van der Waals surface area contributed by atoms with Crippen LogP contribution in [0.3, 0.4) is 0 Å². The number of nitrogens with zero attached hydrogens (tertiary/aromatic N) is 3. The number of aliphatic hydroxyl groups excluding tert-OH is 2. The van der Waals surface area contributed by atoms with E-state index in [4.69, 9.17) is 0 Å². The normalized spacial score (nSPS) is 21.5. The number of aromatic nitrogens is 1. The molecule has 2 heterocycles. The second-order valence-electron chi connectivity index (χ2n) is 4.31. The minimum atomic E-state index is -0.286. The first-order chi connectivity index (χ1) is 9.13. The van der Waals surface area contributed by atoms with Crippen LogP contribution in [-0.4, -0.2) is 32.5 Å². The molecule has 0 saturated heterocycles. The zero-order valence-corrected chi connectivity index (χ0v) is 10.9. The Bertz CT molecular complexity index is 549. The monoisotopic (exact) mass is 261 g/mol. The van der Waals surface area contributed by atoms with E-state index < -0.39 is 0 Å². The molecule has 0 spiro atoms. The third kappa shape index (κ3) is 2.79. The van der Waals surface area contributed by atoms with E-state index >= 15 is 0 Å². The lowest BCUT2D eigenvalue weighted by Crippen LogP contribution is -2.27. The highest BCUT2D eigenvalue weighted by Crippen LogP contribution is 2.22. The summed E-state index contributed by atoms with van der Waals surface area (Å²) < 4.78 is 1.56. The van der Waals surface area contributed by atoms with Crippen molar-refractivity contribution in [3.8, 4) is 0 Å². The summed E-state index contributed by atoms with van der Waals surface area (Å²) in [5.74, 6) is 0.817. The number of hydrogen-bond donors (Lipinski definition) is 3. The SMILES string of the molecule is CC1=C(O)C(C)[N+](=NNc2ccccn2)C=C1CO. The minimum absolute atomic E-state index is 0.141. The fourth-order valence-corrected chi connectivity index (χ4v) is 1.78. The van der Waals surface area contributed by atoms with Crippen LogP contribution in [-0.2, 0) is 0 Å². The van der Waals surface area contributed by atoms with Crippen LogP contribution in [0, 0.1) is 0 Å². The van der Waals surface area contributed by atoms with Crippen LogP contribution in [0.4, 0.5) is 5.82 Å². The van der Waals surface area contributed by atoms with E-state index in [0.717, 1.165) is 0 Å². The van der Waals surface area contributed by atoms with Gasteiger partial charge in [0.15, 0.2) is 6.04 Å². The van der Waals surface area contributed by atoms with Crippen molar-refractivity contribution in [2.24, 2.45) is 5.22 Å². The van der Waals surface area contributed by atoms with Crippen molar-refractivity contribution in [1.29, 1.82) is 0 Å². The number of rotatable bonds is 3. The molecule has 1 aromatic heterocycles. The van der Waals surface area contributed by atoms with Crippen molar-refractivity contribution in [3.63, 3.8) is 0 Å². The second kappa shape index (κ2) is 5.62. The highest BCUT2D eigenvalue weighted by molar-refractivity contribution is 5.33. The van der Waals surface area contributed by atoms with Crippen LogP contribution in [0.25, 0.3) is 0 Å². The molecule has 1 unspecified atom stereocenters. The maximum absolute atomic E-state index is 10.00. The van der Waals surface area contributed by atoms with Gasteiger partial charge in [-0.2, -0.15) is 0 Å². The standard InChI is InChI=1S/C13H16N4O2/c1-9-11(8-18)7-17(10(2)13(9)19)16-15-12-5-3-4-6-14-12/h3-7,10,18-19H,8H2,1-2H3/p+1. The summed E-state index contributed by atoms with van der Waals surface area (Å²) >= 11 is 0. The van der Waals surface area contributed by atoms with Gasteiger partial charge in [-0.1, -0.05) is 6.07 Å². The third-order valence-electron chi connectivity index (χ3n) is 3.06. The van der Waals surface area contributed by atoms with E-state index in [1.165, 1.54) is 0 Å². The first-order valence-electron chi connectivity index (χ1n) is 6.01. The first-order valence-corrected chi connectivity index (χ1v) is 6.01. The molecular weight excluding hydrogens is 244 g/mol. The van der Waals surface area contributed by atoms with E-state index in [1.54, 1.807) is 30.1 Å². The van der Waals surface area contributed by atoms with Crippen molar-refractivity contribution in [3.05, 3.63) is 47.5 Å². The van der Waals surface area contributed by atoms with Gasteiger partial charge >= 0.3 is 0 Å². The van der Waals surface area contributed by atoms with Gasteiger partial charge in [0, 0.05) is 23.4 Å². The molecule has 100 valence electrons. The number of anilines is 1. The molecule has 3 N–H and O–H groups in total. The van der Waals surface area contributed by atoms with Gasteiger partial charge in [-0.05, 0) is 19.9 Å². The highest BCUT2D eigenvalue weighted by Gasteiger charge is 2.26. The lowest BCUT2D eigenvalue weighted by molar-refractivity contribution is -0.559. The molecule has 0 aliphatic carbocycles. The zero-order chi connectivity index (χ0) is 13.8. The molecule has 1 atom stereocenters. The van der Waals surface area contributed by atoms with Crippen molar-refractivity contribution >= 4 is 5.82 Å². The predicted molar refractivity (Wildman–Crippen MR) is 70.5 cm³/mol. The zero-order valence-electron chi connectivity index (χ0n) is 10.9. The maximum atomic E-state index is 10.00. The third-order valence-corrected chi connectivity index (χ3v) is 3.06. The Hall–Kier alpha value is -2.21. The van der Waals surface area contributed by atoms with Crippen LogP contribution in [0.1, 0.15) is 13.8 Å². The molecule has 0 radical (unpaired) electrons. The van der Waals surface area contributed by atoms with Gasteiger partial charge in [0.25, 0.3) is 0 Å². The van der Waals surface area contributed by atoms with E-state index in [9.17, 15) is 10.2 Å².